The number of allylic oxidation sites excluding steroid dienone is 3. The summed E-state index contributed by atoms with van der Waals surface area (Å²) in [6.07, 6.45) is 24.3. The second-order valence-electron chi connectivity index (χ2n) is 26.9. The van der Waals surface area contributed by atoms with Gasteiger partial charge in [-0.05, 0) is 309 Å². The summed E-state index contributed by atoms with van der Waals surface area (Å²) in [4.78, 5) is 33.6. The van der Waals surface area contributed by atoms with Crippen molar-refractivity contribution in [3.63, 3.8) is 0 Å². The van der Waals surface area contributed by atoms with Gasteiger partial charge in [-0.1, -0.05) is 74.9 Å². The summed E-state index contributed by atoms with van der Waals surface area (Å²) in [5, 5.41) is 97.6. The number of benzene rings is 8. The molecule has 0 aliphatic carbocycles. The fraction of sp³-hybridized carbons (Fsp3) is 0.314. The van der Waals surface area contributed by atoms with Crippen molar-refractivity contribution in [2.24, 2.45) is 17.8 Å². The van der Waals surface area contributed by atoms with E-state index in [4.69, 9.17) is 9.47 Å². The van der Waals surface area contributed by atoms with Crippen molar-refractivity contribution in [2.75, 3.05) is 7.11 Å². The van der Waals surface area contributed by atoms with Gasteiger partial charge in [-0.2, -0.15) is 0 Å². The number of ether oxygens (including phenoxy) is 2. The number of phenols is 10. The molecule has 15 heteroatoms. The quantitative estimate of drug-likeness (QED) is 0.0172. The van der Waals surface area contributed by atoms with Gasteiger partial charge in [0.1, 0.15) is 63.1 Å². The maximum absolute atomic E-state index is 11.2. The van der Waals surface area contributed by atoms with Gasteiger partial charge in [0, 0.05) is 22.3 Å². The highest BCUT2D eigenvalue weighted by atomic mass is 16.5. The van der Waals surface area contributed by atoms with E-state index in [0.29, 0.717) is 63.9 Å². The Kier molecular flexibility index (Phi) is 28.2. The Morgan fingerprint density at radius 1 is 0.426 bits per heavy atom. The van der Waals surface area contributed by atoms with Crippen LogP contribution >= 0.6 is 0 Å². The summed E-state index contributed by atoms with van der Waals surface area (Å²) in [6, 6.07) is 24.9. The topological polar surface area (TPSA) is 272 Å². The molecule has 0 radical (unpaired) electrons. The van der Waals surface area contributed by atoms with Crippen molar-refractivity contribution in [2.45, 2.75) is 154 Å². The van der Waals surface area contributed by atoms with Crippen LogP contribution in [-0.4, -0.2) is 82.6 Å². The highest BCUT2D eigenvalue weighted by Gasteiger charge is 2.28. The van der Waals surface area contributed by atoms with E-state index in [1.54, 1.807) is 51.3 Å². The number of hydrogen-bond acceptors (Lipinski definition) is 15. The van der Waals surface area contributed by atoms with Crippen LogP contribution in [0.2, 0.25) is 0 Å². The highest BCUT2D eigenvalue weighted by Crippen LogP contribution is 2.40. The van der Waals surface area contributed by atoms with Crippen LogP contribution in [0.15, 0.2) is 115 Å². The lowest BCUT2D eigenvalue weighted by Gasteiger charge is -2.32. The molecule has 8 aromatic rings. The molecular weight excluding hydrogens is 1270 g/mol. The monoisotopic (exact) mass is 1370 g/mol. The molecule has 0 amide bonds. The van der Waals surface area contributed by atoms with E-state index in [1.165, 1.54) is 76.3 Å². The lowest BCUT2D eigenvalue weighted by atomic mass is 9.88. The van der Waals surface area contributed by atoms with Crippen molar-refractivity contribution in [3.05, 3.63) is 232 Å². The third kappa shape index (κ3) is 21.0. The molecule has 10 N–H and O–H groups in total. The Bertz CT molecular complexity index is 4400. The zero-order valence-electron chi connectivity index (χ0n) is 60.9. The lowest BCUT2D eigenvalue weighted by Crippen LogP contribution is -2.32. The summed E-state index contributed by atoms with van der Waals surface area (Å²) in [7, 11) is 1.71. The lowest BCUT2D eigenvalue weighted by molar-refractivity contribution is 0.111. The molecule has 0 spiro atoms. The number of rotatable bonds is 22. The average molecular weight is 1370 g/mol. The third-order valence-corrected chi connectivity index (χ3v) is 19.2. The smallest absolute Gasteiger partial charge is 0.168 e. The summed E-state index contributed by atoms with van der Waals surface area (Å²) >= 11 is 0. The number of fused-ring (bicyclic) bond motifs is 1. The van der Waals surface area contributed by atoms with Gasteiger partial charge in [-0.15, -0.1) is 0 Å². The zero-order valence-corrected chi connectivity index (χ0v) is 60.9. The Labute approximate surface area is 595 Å². The molecule has 1 heterocycles. The average Bonchev–Trinajstić information content (AvgIpc) is 0.807. The van der Waals surface area contributed by atoms with Crippen molar-refractivity contribution >= 4 is 43.2 Å². The predicted molar refractivity (Wildman–Crippen MR) is 404 cm³/mol. The number of carbonyl (C=O) groups excluding carboxylic acids is 3. The van der Waals surface area contributed by atoms with Gasteiger partial charge in [0.15, 0.2) is 30.4 Å². The Balaban J connectivity index is 0.000000212. The molecule has 1 aliphatic rings. The van der Waals surface area contributed by atoms with E-state index in [2.05, 4.69) is 84.9 Å². The number of carbonyl (C=O) groups is 3. The number of aryl methyl sites for hydroxylation is 4. The molecule has 0 fully saturated rings. The SMILES string of the molecule is COc1cc(C)c(CCC(C)/C=C\c2cc(O)ccc2O)c(C)c1C.Cc1c(O)c(O)c(C=O)c(C)c1CCC(C)/C=C\c1cc(O)ccc1O.Cc1cc(O)c(C=O)c(C)c1CCC(C)/C=C\c1cc(O)ccc1O.Cc1ccc2c(c1)C=CC(C)(CCc1c(C)cc(O)c(C=O)c1C)O2. The third-order valence-electron chi connectivity index (χ3n) is 19.2. The number of hydrogen-bond donors (Lipinski definition) is 10. The molecular formula is C86H100O15. The van der Waals surface area contributed by atoms with Crippen LogP contribution in [0.4, 0.5) is 0 Å². The second-order valence-corrected chi connectivity index (χ2v) is 26.9. The van der Waals surface area contributed by atoms with Crippen molar-refractivity contribution in [1.82, 2.24) is 0 Å². The van der Waals surface area contributed by atoms with Crippen LogP contribution in [0.5, 0.6) is 69.0 Å². The van der Waals surface area contributed by atoms with Crippen LogP contribution in [0.3, 0.4) is 0 Å². The van der Waals surface area contributed by atoms with E-state index in [-0.39, 0.29) is 80.5 Å². The molecule has 4 unspecified atom stereocenters. The summed E-state index contributed by atoms with van der Waals surface area (Å²) in [5.41, 5.74) is 17.7. The van der Waals surface area contributed by atoms with E-state index >= 15 is 0 Å². The van der Waals surface area contributed by atoms with E-state index in [1.807, 2.05) is 58.9 Å². The molecule has 1 aliphatic heterocycles. The number of aldehydes is 3. The van der Waals surface area contributed by atoms with E-state index in [9.17, 15) is 65.4 Å². The Morgan fingerprint density at radius 2 is 0.822 bits per heavy atom. The van der Waals surface area contributed by atoms with Crippen LogP contribution in [0, 0.1) is 87.0 Å². The van der Waals surface area contributed by atoms with Crippen molar-refractivity contribution in [3.8, 4) is 69.0 Å². The Hall–Kier alpha value is -10.7. The second kappa shape index (κ2) is 35.9. The van der Waals surface area contributed by atoms with Crippen LogP contribution in [0.25, 0.3) is 24.3 Å². The number of phenolic OH excluding ortho intramolecular Hbond substituents is 10. The fourth-order valence-corrected chi connectivity index (χ4v) is 12.6. The van der Waals surface area contributed by atoms with Crippen molar-refractivity contribution < 1.29 is 74.9 Å². The first-order valence-corrected chi connectivity index (χ1v) is 34.0. The maximum atomic E-state index is 11.2. The van der Waals surface area contributed by atoms with E-state index < -0.39 is 0 Å². The van der Waals surface area contributed by atoms with Crippen LogP contribution in [0.1, 0.15) is 185 Å². The first-order chi connectivity index (χ1) is 47.7. The van der Waals surface area contributed by atoms with Crippen molar-refractivity contribution in [1.29, 1.82) is 0 Å². The minimum atomic E-state index is -0.389. The molecule has 8 aromatic carbocycles. The van der Waals surface area contributed by atoms with Crippen LogP contribution < -0.4 is 9.47 Å². The van der Waals surface area contributed by atoms with Gasteiger partial charge in [0.05, 0.1) is 23.8 Å². The van der Waals surface area contributed by atoms with Crippen LogP contribution in [-0.2, 0) is 25.7 Å². The number of methoxy groups -OCH3 is 1. The Morgan fingerprint density at radius 3 is 1.25 bits per heavy atom. The molecule has 0 saturated carbocycles. The van der Waals surface area contributed by atoms with Gasteiger partial charge in [-0.3, -0.25) is 14.4 Å². The molecule has 0 saturated heterocycles. The minimum Gasteiger partial charge on any atom is -0.508 e. The first-order valence-electron chi connectivity index (χ1n) is 34.0. The predicted octanol–water partition coefficient (Wildman–Crippen LogP) is 19.0. The molecule has 101 heavy (non-hydrogen) atoms. The fourth-order valence-electron chi connectivity index (χ4n) is 12.6. The molecule has 15 nitrogen and oxygen atoms in total. The molecule has 0 aromatic heterocycles. The zero-order chi connectivity index (χ0) is 74.7. The summed E-state index contributed by atoms with van der Waals surface area (Å²) < 4.78 is 11.7. The van der Waals surface area contributed by atoms with Gasteiger partial charge in [0.25, 0.3) is 0 Å². The summed E-state index contributed by atoms with van der Waals surface area (Å²) in [5.74, 6) is 2.84. The first kappa shape index (κ1) is 79.3. The largest absolute Gasteiger partial charge is 0.508 e. The minimum absolute atomic E-state index is 0.0288. The number of aromatic hydroxyl groups is 10. The molecule has 0 bridgehead atoms. The normalized spacial score (nSPS) is 14.0. The van der Waals surface area contributed by atoms with Gasteiger partial charge >= 0.3 is 0 Å². The molecule has 9 rings (SSSR count). The summed E-state index contributed by atoms with van der Waals surface area (Å²) in [6.45, 7) is 27.9. The van der Waals surface area contributed by atoms with E-state index in [0.717, 1.165) is 107 Å². The molecule has 4 atom stereocenters. The standard InChI is InChI=1S/C22H24O3.C22H28O3.C21H24O5.C21H24O4/c1-14-5-6-21-17(11-14)7-9-22(4,25-21)10-8-18-15(2)12-20(24)19(13-23)16(18)3;1-14(6-8-18-13-19(23)9-11-21(18)24)7-10-20-15(2)12-22(25-5)17(4)16(20)3;1-12(4-6-15-10-16(23)7-9-19(15)24)5-8-17-13(2)18(11-22)21(26)20(25)14(17)3;1-13(4-6-16-11-17(23)7-9-20(16)24)5-8-18-14(2)10-21(25)19(12-22)15(18)3/h5-7,9,11-13,24H,8,10H2,1-4H3;6,8-9,11-14,23-24H,7,10H2,1-5H3;4,6-7,9-12,23-26H,5,8H2,1-3H3;4,6-7,9-13,23-25H,5,8H2,1-3H3/b;8-6-;2*6-4-. The van der Waals surface area contributed by atoms with Gasteiger partial charge in [-0.25, -0.2) is 0 Å². The molecule has 534 valence electrons. The maximum Gasteiger partial charge on any atom is 0.168 e. The van der Waals surface area contributed by atoms with Gasteiger partial charge in [0.2, 0.25) is 0 Å². The van der Waals surface area contributed by atoms with Gasteiger partial charge < -0.3 is 60.5 Å². The highest BCUT2D eigenvalue weighted by molar-refractivity contribution is 5.85.